The van der Waals surface area contributed by atoms with E-state index in [0.29, 0.717) is 28.1 Å². The number of H-pyrrole nitrogens is 1. The fraction of sp³-hybridized carbons (Fsp3) is 0.0625. The van der Waals surface area contributed by atoms with Crippen molar-refractivity contribution in [3.8, 4) is 17.6 Å². The van der Waals surface area contributed by atoms with Gasteiger partial charge in [-0.25, -0.2) is 9.97 Å². The number of phenolic OH excluding ortho intramolecular Hbond substituents is 1. The van der Waals surface area contributed by atoms with Crippen molar-refractivity contribution in [2.45, 2.75) is 0 Å². The van der Waals surface area contributed by atoms with Gasteiger partial charge < -0.3 is 14.8 Å². The quantitative estimate of drug-likeness (QED) is 0.638. The molecule has 1 aromatic carbocycles. The van der Waals surface area contributed by atoms with Crippen molar-refractivity contribution >= 4 is 50.3 Å². The van der Waals surface area contributed by atoms with Crippen LogP contribution in [0.15, 0.2) is 28.9 Å². The molecule has 0 aliphatic rings. The molecule has 0 bridgehead atoms. The molecule has 0 radical (unpaired) electrons. The van der Waals surface area contributed by atoms with E-state index in [9.17, 15) is 10.4 Å². The number of allylic oxidation sites excluding steroid dienone is 1. The van der Waals surface area contributed by atoms with Crippen LogP contribution in [0.3, 0.4) is 0 Å². The summed E-state index contributed by atoms with van der Waals surface area (Å²) in [5.74, 6) is 0.468. The molecule has 6 nitrogen and oxygen atoms in total. The highest BCUT2D eigenvalue weighted by atomic mass is 79.9. The van der Waals surface area contributed by atoms with Gasteiger partial charge >= 0.3 is 0 Å². The molecule has 0 amide bonds. The molecule has 0 unspecified atom stereocenters. The van der Waals surface area contributed by atoms with Gasteiger partial charge in [-0.1, -0.05) is 11.6 Å². The van der Waals surface area contributed by atoms with Crippen molar-refractivity contribution in [3.05, 3.63) is 45.3 Å². The third-order valence-electron chi connectivity index (χ3n) is 3.26. The van der Waals surface area contributed by atoms with E-state index in [4.69, 9.17) is 16.3 Å². The van der Waals surface area contributed by atoms with E-state index >= 15 is 0 Å². The number of hydrogen-bond donors (Lipinski definition) is 2. The second kappa shape index (κ2) is 6.51. The van der Waals surface area contributed by atoms with Crippen LogP contribution >= 0.6 is 27.5 Å². The first-order valence-corrected chi connectivity index (χ1v) is 7.89. The molecule has 120 valence electrons. The minimum Gasteiger partial charge on any atom is -0.503 e. The van der Waals surface area contributed by atoms with Gasteiger partial charge in [-0.2, -0.15) is 5.26 Å². The lowest BCUT2D eigenvalue weighted by atomic mass is 10.1. The van der Waals surface area contributed by atoms with Gasteiger partial charge in [0.25, 0.3) is 0 Å². The largest absolute Gasteiger partial charge is 0.503 e. The Hall–Kier alpha value is -2.56. The number of aromatic nitrogens is 3. The summed E-state index contributed by atoms with van der Waals surface area (Å²) in [7, 11) is 1.42. The molecule has 0 fully saturated rings. The van der Waals surface area contributed by atoms with Crippen LogP contribution in [0.2, 0.25) is 5.02 Å². The number of nitrogens with one attached hydrogen (secondary N) is 1. The van der Waals surface area contributed by atoms with Crippen LogP contribution in [0.25, 0.3) is 22.8 Å². The standard InChI is InChI=1S/C16H10BrClN4O2/c1-24-13-4-8(3-11(18)14(13)23)2-9(6-19)15-21-12-5-10(17)7-20-16(12)22-15/h2-5,7,23H,1H3,(H,20,21,22)/b9-2+. The summed E-state index contributed by atoms with van der Waals surface area (Å²) in [6.07, 6.45) is 3.23. The zero-order valence-electron chi connectivity index (χ0n) is 12.3. The van der Waals surface area contributed by atoms with Crippen LogP contribution in [0.1, 0.15) is 11.4 Å². The normalized spacial score (nSPS) is 11.5. The lowest BCUT2D eigenvalue weighted by Gasteiger charge is -2.06. The molecule has 0 atom stereocenters. The van der Waals surface area contributed by atoms with Crippen LogP contribution in [-0.4, -0.2) is 27.2 Å². The van der Waals surface area contributed by atoms with E-state index < -0.39 is 0 Å². The van der Waals surface area contributed by atoms with Crippen molar-refractivity contribution in [2.24, 2.45) is 0 Å². The number of aromatic hydroxyl groups is 1. The Balaban J connectivity index is 2.09. The van der Waals surface area contributed by atoms with Gasteiger partial charge in [-0.15, -0.1) is 0 Å². The highest BCUT2D eigenvalue weighted by Crippen LogP contribution is 2.36. The maximum atomic E-state index is 9.78. The predicted molar refractivity (Wildman–Crippen MR) is 94.7 cm³/mol. The van der Waals surface area contributed by atoms with Crippen LogP contribution in [0, 0.1) is 11.3 Å². The maximum Gasteiger partial charge on any atom is 0.178 e. The molecular weight excluding hydrogens is 396 g/mol. The number of hydrogen-bond acceptors (Lipinski definition) is 5. The minimum absolute atomic E-state index is 0.132. The molecule has 0 aliphatic carbocycles. The molecule has 8 heteroatoms. The van der Waals surface area contributed by atoms with Gasteiger partial charge in [0.05, 0.1) is 23.2 Å². The molecule has 24 heavy (non-hydrogen) atoms. The molecule has 3 rings (SSSR count). The fourth-order valence-corrected chi connectivity index (χ4v) is 2.71. The van der Waals surface area contributed by atoms with Gasteiger partial charge in [-0.3, -0.25) is 0 Å². The van der Waals surface area contributed by atoms with Crippen LogP contribution in [0.4, 0.5) is 0 Å². The first-order chi connectivity index (χ1) is 11.5. The second-order valence-electron chi connectivity index (χ2n) is 4.83. The summed E-state index contributed by atoms with van der Waals surface area (Å²) in [5.41, 5.74) is 2.12. The lowest BCUT2D eigenvalue weighted by molar-refractivity contribution is 0.373. The van der Waals surface area contributed by atoms with E-state index in [1.54, 1.807) is 18.3 Å². The van der Waals surface area contributed by atoms with Gasteiger partial charge in [-0.05, 0) is 45.8 Å². The number of benzene rings is 1. The fourth-order valence-electron chi connectivity index (χ4n) is 2.16. The predicted octanol–water partition coefficient (Wildman–Crippen LogP) is 4.15. The number of nitrogens with zero attached hydrogens (tertiary/aromatic N) is 3. The average molecular weight is 406 g/mol. The molecule has 0 aliphatic heterocycles. The van der Waals surface area contributed by atoms with Gasteiger partial charge in [0.1, 0.15) is 6.07 Å². The van der Waals surface area contributed by atoms with Gasteiger partial charge in [0.15, 0.2) is 23.0 Å². The summed E-state index contributed by atoms with van der Waals surface area (Å²) < 4.78 is 5.87. The topological polar surface area (TPSA) is 94.8 Å². The summed E-state index contributed by atoms with van der Waals surface area (Å²) >= 11 is 9.31. The highest BCUT2D eigenvalue weighted by molar-refractivity contribution is 9.10. The zero-order valence-corrected chi connectivity index (χ0v) is 14.7. The number of imidazole rings is 1. The second-order valence-corrected chi connectivity index (χ2v) is 6.16. The third-order valence-corrected chi connectivity index (χ3v) is 3.98. The number of ether oxygens (including phenoxy) is 1. The van der Waals surface area contributed by atoms with Crippen molar-refractivity contribution in [3.63, 3.8) is 0 Å². The molecule has 2 N–H and O–H groups in total. The number of halogens is 2. The highest BCUT2D eigenvalue weighted by Gasteiger charge is 2.12. The number of phenols is 1. The number of pyridine rings is 1. The Kier molecular flexibility index (Phi) is 4.42. The van der Waals surface area contributed by atoms with E-state index in [0.717, 1.165) is 4.47 Å². The zero-order chi connectivity index (χ0) is 17.3. The van der Waals surface area contributed by atoms with Crippen molar-refractivity contribution < 1.29 is 9.84 Å². The van der Waals surface area contributed by atoms with Crippen molar-refractivity contribution in [1.82, 2.24) is 15.0 Å². The summed E-state index contributed by atoms with van der Waals surface area (Å²) in [6.45, 7) is 0. The summed E-state index contributed by atoms with van der Waals surface area (Å²) in [5, 5.41) is 19.4. The van der Waals surface area contributed by atoms with Crippen molar-refractivity contribution in [2.75, 3.05) is 7.11 Å². The first kappa shape index (κ1) is 16.3. The van der Waals surface area contributed by atoms with E-state index in [2.05, 4.69) is 37.0 Å². The third kappa shape index (κ3) is 3.07. The Morgan fingerprint density at radius 2 is 2.25 bits per heavy atom. The smallest absolute Gasteiger partial charge is 0.178 e. The maximum absolute atomic E-state index is 9.78. The van der Waals surface area contributed by atoms with Crippen LogP contribution in [-0.2, 0) is 0 Å². The summed E-state index contributed by atoms with van der Waals surface area (Å²) in [6, 6.07) is 7.04. The van der Waals surface area contributed by atoms with Crippen LogP contribution < -0.4 is 4.74 Å². The summed E-state index contributed by atoms with van der Waals surface area (Å²) in [4.78, 5) is 11.5. The molecule has 2 heterocycles. The minimum atomic E-state index is -0.146. The number of nitriles is 1. The number of fused-ring (bicyclic) bond motifs is 1. The van der Waals surface area contributed by atoms with Gasteiger partial charge in [0, 0.05) is 10.7 Å². The van der Waals surface area contributed by atoms with Crippen molar-refractivity contribution in [1.29, 1.82) is 5.26 Å². The first-order valence-electron chi connectivity index (χ1n) is 6.71. The Morgan fingerprint density at radius 1 is 1.46 bits per heavy atom. The molecule has 0 spiro atoms. The van der Waals surface area contributed by atoms with E-state index in [-0.39, 0.29) is 16.5 Å². The Bertz CT molecular complexity index is 1010. The molecule has 0 saturated heterocycles. The van der Waals surface area contributed by atoms with Gasteiger partial charge in [0.2, 0.25) is 0 Å². The number of methoxy groups -OCH3 is 1. The Morgan fingerprint density at radius 3 is 2.96 bits per heavy atom. The number of aromatic amines is 1. The monoisotopic (exact) mass is 404 g/mol. The average Bonchev–Trinajstić information content (AvgIpc) is 2.98. The SMILES string of the molecule is COc1cc(/C=C(\C#N)c2nc3ncc(Br)cc3[nH]2)cc(Cl)c1O. The van der Waals surface area contributed by atoms with E-state index in [1.807, 2.05) is 6.07 Å². The molecule has 2 aromatic heterocycles. The molecule has 3 aromatic rings. The van der Waals surface area contributed by atoms with Crippen LogP contribution in [0.5, 0.6) is 11.5 Å². The molecule has 0 saturated carbocycles. The van der Waals surface area contributed by atoms with E-state index in [1.165, 1.54) is 13.2 Å². The lowest BCUT2D eigenvalue weighted by Crippen LogP contribution is -1.88. The number of rotatable bonds is 3. The molecular formula is C16H10BrClN4O2. The Labute approximate surface area is 150 Å².